The standard InChI is InChI=1S/C19H25N5O2/c1-15-14-17(21-19(20-15)24-7-3-2-4-8-24)22-9-11-23(12-10-22)18(25)16-6-5-13-26-16/h5-6,13-14H,2-4,7-12H2,1H3. The molecular weight excluding hydrogens is 330 g/mol. The van der Waals surface area contributed by atoms with Crippen LogP contribution >= 0.6 is 0 Å². The van der Waals surface area contributed by atoms with Gasteiger partial charge in [0.05, 0.1) is 6.26 Å². The third kappa shape index (κ3) is 3.52. The molecule has 2 aromatic heterocycles. The van der Waals surface area contributed by atoms with E-state index in [0.29, 0.717) is 18.8 Å². The van der Waals surface area contributed by atoms with Gasteiger partial charge in [-0.2, -0.15) is 4.98 Å². The van der Waals surface area contributed by atoms with E-state index in [0.717, 1.165) is 43.6 Å². The largest absolute Gasteiger partial charge is 0.459 e. The molecule has 0 unspecified atom stereocenters. The van der Waals surface area contributed by atoms with E-state index in [9.17, 15) is 4.79 Å². The van der Waals surface area contributed by atoms with Gasteiger partial charge in [0.25, 0.3) is 5.91 Å². The number of carbonyl (C=O) groups is 1. The molecule has 138 valence electrons. The van der Waals surface area contributed by atoms with Gasteiger partial charge in [0, 0.05) is 51.0 Å². The monoisotopic (exact) mass is 355 g/mol. The van der Waals surface area contributed by atoms with Crippen molar-refractivity contribution >= 4 is 17.7 Å². The molecule has 2 aliphatic heterocycles. The predicted octanol–water partition coefficient (Wildman–Crippen LogP) is 2.33. The van der Waals surface area contributed by atoms with Crippen molar-refractivity contribution in [1.82, 2.24) is 14.9 Å². The fourth-order valence-corrected chi connectivity index (χ4v) is 3.63. The molecule has 0 aliphatic carbocycles. The topological polar surface area (TPSA) is 65.7 Å². The van der Waals surface area contributed by atoms with Crippen LogP contribution in [0.25, 0.3) is 0 Å². The number of carbonyl (C=O) groups excluding carboxylic acids is 1. The summed E-state index contributed by atoms with van der Waals surface area (Å²) in [4.78, 5) is 28.2. The minimum atomic E-state index is -0.0393. The number of hydrogen-bond acceptors (Lipinski definition) is 6. The molecule has 0 spiro atoms. The Kier molecular flexibility index (Phi) is 4.77. The summed E-state index contributed by atoms with van der Waals surface area (Å²) < 4.78 is 5.23. The highest BCUT2D eigenvalue weighted by atomic mass is 16.3. The lowest BCUT2D eigenvalue weighted by molar-refractivity contribution is 0.0714. The highest BCUT2D eigenvalue weighted by Crippen LogP contribution is 2.22. The number of piperidine rings is 1. The van der Waals surface area contributed by atoms with Crippen LogP contribution in [0.3, 0.4) is 0 Å². The van der Waals surface area contributed by atoms with Crippen LogP contribution in [0, 0.1) is 6.92 Å². The van der Waals surface area contributed by atoms with Gasteiger partial charge in [0.15, 0.2) is 5.76 Å². The molecule has 7 nitrogen and oxygen atoms in total. The van der Waals surface area contributed by atoms with Crippen molar-refractivity contribution in [2.45, 2.75) is 26.2 Å². The molecule has 0 N–H and O–H groups in total. The highest BCUT2D eigenvalue weighted by Gasteiger charge is 2.25. The zero-order valence-electron chi connectivity index (χ0n) is 15.2. The number of nitrogens with zero attached hydrogens (tertiary/aromatic N) is 5. The van der Waals surface area contributed by atoms with Gasteiger partial charge in [0.1, 0.15) is 5.82 Å². The molecule has 26 heavy (non-hydrogen) atoms. The molecule has 0 bridgehead atoms. The van der Waals surface area contributed by atoms with E-state index in [1.54, 1.807) is 12.1 Å². The Morgan fingerprint density at radius 2 is 1.77 bits per heavy atom. The fraction of sp³-hybridized carbons (Fsp3) is 0.526. The van der Waals surface area contributed by atoms with Crippen LogP contribution in [-0.2, 0) is 0 Å². The Bertz CT molecular complexity index is 747. The van der Waals surface area contributed by atoms with Crippen molar-refractivity contribution < 1.29 is 9.21 Å². The Hall–Kier alpha value is -2.57. The third-order valence-corrected chi connectivity index (χ3v) is 5.09. The molecule has 2 saturated heterocycles. The van der Waals surface area contributed by atoms with Crippen LogP contribution in [0.4, 0.5) is 11.8 Å². The second-order valence-corrected chi connectivity index (χ2v) is 6.97. The van der Waals surface area contributed by atoms with Gasteiger partial charge in [-0.1, -0.05) is 0 Å². The number of hydrogen-bond donors (Lipinski definition) is 0. The quantitative estimate of drug-likeness (QED) is 0.842. The molecule has 2 fully saturated rings. The van der Waals surface area contributed by atoms with Gasteiger partial charge in [-0.05, 0) is 38.3 Å². The maximum atomic E-state index is 12.4. The van der Waals surface area contributed by atoms with Crippen molar-refractivity contribution in [3.63, 3.8) is 0 Å². The summed E-state index contributed by atoms with van der Waals surface area (Å²) >= 11 is 0. The van der Waals surface area contributed by atoms with Crippen molar-refractivity contribution in [2.75, 3.05) is 49.1 Å². The molecule has 0 aromatic carbocycles. The van der Waals surface area contributed by atoms with Gasteiger partial charge in [-0.3, -0.25) is 4.79 Å². The van der Waals surface area contributed by atoms with E-state index in [1.807, 2.05) is 17.9 Å². The number of amides is 1. The normalized spacial score (nSPS) is 18.3. The maximum Gasteiger partial charge on any atom is 0.289 e. The minimum Gasteiger partial charge on any atom is -0.459 e. The lowest BCUT2D eigenvalue weighted by atomic mass is 10.1. The number of anilines is 2. The number of aromatic nitrogens is 2. The van der Waals surface area contributed by atoms with Crippen molar-refractivity contribution in [3.8, 4) is 0 Å². The summed E-state index contributed by atoms with van der Waals surface area (Å²) in [6.07, 6.45) is 5.25. The molecule has 4 rings (SSSR count). The number of furan rings is 1. The van der Waals surface area contributed by atoms with E-state index in [2.05, 4.69) is 14.8 Å². The van der Waals surface area contributed by atoms with Crippen LogP contribution in [0.15, 0.2) is 28.9 Å². The molecule has 2 aromatic rings. The molecule has 4 heterocycles. The van der Waals surface area contributed by atoms with Crippen LogP contribution in [0.1, 0.15) is 35.5 Å². The molecule has 0 atom stereocenters. The molecule has 0 saturated carbocycles. The average Bonchev–Trinajstić information content (AvgIpc) is 3.22. The first-order chi connectivity index (χ1) is 12.7. The number of rotatable bonds is 3. The van der Waals surface area contributed by atoms with Gasteiger partial charge in [0.2, 0.25) is 5.95 Å². The van der Waals surface area contributed by atoms with Crippen molar-refractivity contribution in [3.05, 3.63) is 35.9 Å². The average molecular weight is 355 g/mol. The zero-order valence-corrected chi connectivity index (χ0v) is 15.2. The molecule has 1 amide bonds. The van der Waals surface area contributed by atoms with Crippen LogP contribution in [0.2, 0.25) is 0 Å². The first-order valence-electron chi connectivity index (χ1n) is 9.39. The molecule has 2 aliphatic rings. The summed E-state index contributed by atoms with van der Waals surface area (Å²) in [6, 6.07) is 5.50. The van der Waals surface area contributed by atoms with Gasteiger partial charge in [-0.15, -0.1) is 0 Å². The maximum absolute atomic E-state index is 12.4. The molecular formula is C19H25N5O2. The van der Waals surface area contributed by atoms with E-state index in [4.69, 9.17) is 9.40 Å². The predicted molar refractivity (Wildman–Crippen MR) is 99.7 cm³/mol. The van der Waals surface area contributed by atoms with Gasteiger partial charge >= 0.3 is 0 Å². The first kappa shape index (κ1) is 16.9. The summed E-state index contributed by atoms with van der Waals surface area (Å²) in [5, 5.41) is 0. The third-order valence-electron chi connectivity index (χ3n) is 5.09. The van der Waals surface area contributed by atoms with Crippen LogP contribution in [-0.4, -0.2) is 60.0 Å². The summed E-state index contributed by atoms with van der Waals surface area (Å²) in [6.45, 7) is 6.96. The first-order valence-corrected chi connectivity index (χ1v) is 9.39. The Morgan fingerprint density at radius 1 is 1.00 bits per heavy atom. The van der Waals surface area contributed by atoms with Crippen molar-refractivity contribution in [2.24, 2.45) is 0 Å². The summed E-state index contributed by atoms with van der Waals surface area (Å²) in [7, 11) is 0. The summed E-state index contributed by atoms with van der Waals surface area (Å²) in [5.41, 5.74) is 0.990. The van der Waals surface area contributed by atoms with E-state index in [-0.39, 0.29) is 5.91 Å². The second-order valence-electron chi connectivity index (χ2n) is 6.97. The SMILES string of the molecule is Cc1cc(N2CCN(C(=O)c3ccco3)CC2)nc(N2CCCCC2)n1. The number of piperazine rings is 1. The fourth-order valence-electron chi connectivity index (χ4n) is 3.63. The minimum absolute atomic E-state index is 0.0393. The van der Waals surface area contributed by atoms with Gasteiger partial charge < -0.3 is 19.1 Å². The molecule has 0 radical (unpaired) electrons. The lowest BCUT2D eigenvalue weighted by Gasteiger charge is -2.35. The highest BCUT2D eigenvalue weighted by molar-refractivity contribution is 5.91. The Morgan fingerprint density at radius 3 is 2.46 bits per heavy atom. The second kappa shape index (κ2) is 7.35. The van der Waals surface area contributed by atoms with E-state index >= 15 is 0 Å². The van der Waals surface area contributed by atoms with E-state index < -0.39 is 0 Å². The smallest absolute Gasteiger partial charge is 0.289 e. The van der Waals surface area contributed by atoms with Crippen molar-refractivity contribution in [1.29, 1.82) is 0 Å². The van der Waals surface area contributed by atoms with Gasteiger partial charge in [-0.25, -0.2) is 4.98 Å². The number of aryl methyl sites for hydroxylation is 1. The van der Waals surface area contributed by atoms with E-state index in [1.165, 1.54) is 25.5 Å². The zero-order chi connectivity index (χ0) is 17.9. The van der Waals surface area contributed by atoms with Crippen LogP contribution in [0.5, 0.6) is 0 Å². The Balaban J connectivity index is 1.44. The summed E-state index contributed by atoms with van der Waals surface area (Å²) in [5.74, 6) is 2.17. The Labute approximate surface area is 153 Å². The molecule has 7 heteroatoms. The van der Waals surface area contributed by atoms with Crippen LogP contribution < -0.4 is 9.80 Å². The lowest BCUT2D eigenvalue weighted by Crippen LogP contribution is -2.49.